The molecule has 0 spiro atoms. The molecule has 2 aromatic carbocycles. The number of ether oxygens (including phenoxy) is 2. The van der Waals surface area contributed by atoms with E-state index in [9.17, 15) is 9.59 Å². The van der Waals surface area contributed by atoms with Gasteiger partial charge in [-0.2, -0.15) is 0 Å². The van der Waals surface area contributed by atoms with Crippen molar-refractivity contribution in [3.8, 4) is 0 Å². The highest BCUT2D eigenvalue weighted by atomic mass is 35.5. The summed E-state index contributed by atoms with van der Waals surface area (Å²) in [6.07, 6.45) is 0. The summed E-state index contributed by atoms with van der Waals surface area (Å²) in [5.41, 5.74) is 1.40. The number of rotatable bonds is 6. The summed E-state index contributed by atoms with van der Waals surface area (Å²) in [6.45, 7) is 3.81. The number of halogens is 2. The quantitative estimate of drug-likeness (QED) is 0.474. The maximum absolute atomic E-state index is 12.1. The molecule has 0 aliphatic heterocycles. The van der Waals surface area contributed by atoms with Crippen LogP contribution in [0.1, 0.15) is 34.6 Å². The second-order valence-electron chi connectivity index (χ2n) is 5.48. The average Bonchev–Trinajstić information content (AvgIpc) is 2.60. The van der Waals surface area contributed by atoms with Gasteiger partial charge in [-0.15, -0.1) is 0 Å². The smallest absolute Gasteiger partial charge is 0.338 e. The zero-order valence-electron chi connectivity index (χ0n) is 15.2. The zero-order chi connectivity index (χ0) is 20.7. The van der Waals surface area contributed by atoms with E-state index < -0.39 is 11.9 Å². The van der Waals surface area contributed by atoms with Crippen LogP contribution < -0.4 is 10.6 Å². The molecule has 0 saturated heterocycles. The van der Waals surface area contributed by atoms with Crippen molar-refractivity contribution in [1.29, 1.82) is 0 Å². The van der Waals surface area contributed by atoms with Gasteiger partial charge in [0.05, 0.1) is 24.3 Å². The second-order valence-corrected chi connectivity index (χ2v) is 6.76. The number of carbonyl (C=O) groups is 2. The molecule has 6 nitrogen and oxygen atoms in total. The number of hydrogen-bond donors (Lipinski definition) is 2. The average molecular weight is 441 g/mol. The Morgan fingerprint density at radius 1 is 0.821 bits per heavy atom. The largest absolute Gasteiger partial charge is 0.462 e. The Kier molecular flexibility index (Phi) is 8.04. The Bertz CT molecular complexity index is 849. The minimum Gasteiger partial charge on any atom is -0.462 e. The summed E-state index contributed by atoms with van der Waals surface area (Å²) in [5.74, 6) is -1.12. The molecule has 0 atom stereocenters. The van der Waals surface area contributed by atoms with Gasteiger partial charge < -0.3 is 20.1 Å². The maximum atomic E-state index is 12.1. The van der Waals surface area contributed by atoms with E-state index in [1.54, 1.807) is 32.0 Å². The van der Waals surface area contributed by atoms with Crippen LogP contribution in [0.2, 0.25) is 10.0 Å². The monoisotopic (exact) mass is 440 g/mol. The van der Waals surface area contributed by atoms with Crippen molar-refractivity contribution in [2.45, 2.75) is 13.8 Å². The van der Waals surface area contributed by atoms with Crippen molar-refractivity contribution >= 4 is 63.8 Å². The fourth-order valence-electron chi connectivity index (χ4n) is 2.28. The third-order valence-corrected chi connectivity index (χ3v) is 3.97. The molecule has 0 aliphatic rings. The first kappa shape index (κ1) is 21.9. The molecular weight excluding hydrogens is 423 g/mol. The summed E-state index contributed by atoms with van der Waals surface area (Å²) < 4.78 is 10.0. The molecule has 0 unspecified atom stereocenters. The van der Waals surface area contributed by atoms with E-state index in [1.807, 2.05) is 0 Å². The number of esters is 2. The van der Waals surface area contributed by atoms with Crippen LogP contribution in [0.15, 0.2) is 36.4 Å². The molecule has 0 bridgehead atoms. The van der Waals surface area contributed by atoms with Crippen molar-refractivity contribution in [3.05, 3.63) is 57.6 Å². The highest BCUT2D eigenvalue weighted by molar-refractivity contribution is 7.80. The second kappa shape index (κ2) is 10.3. The van der Waals surface area contributed by atoms with Gasteiger partial charge >= 0.3 is 11.9 Å². The van der Waals surface area contributed by atoms with Gasteiger partial charge in [-0.3, -0.25) is 0 Å². The van der Waals surface area contributed by atoms with E-state index in [0.717, 1.165) is 0 Å². The van der Waals surface area contributed by atoms with Gasteiger partial charge in [0, 0.05) is 21.4 Å². The van der Waals surface area contributed by atoms with Crippen LogP contribution in [0.25, 0.3) is 0 Å². The zero-order valence-corrected chi connectivity index (χ0v) is 17.5. The SMILES string of the molecule is CCOC(=O)c1cc(NC(=S)Nc2cc(Cl)cc(Cl)c2)cc(C(=O)OCC)c1. The lowest BCUT2D eigenvalue weighted by atomic mass is 10.1. The number of anilines is 2. The van der Waals surface area contributed by atoms with E-state index in [2.05, 4.69) is 10.6 Å². The highest BCUT2D eigenvalue weighted by Crippen LogP contribution is 2.23. The Hall–Kier alpha value is -2.35. The Balaban J connectivity index is 2.25. The molecule has 0 radical (unpaired) electrons. The summed E-state index contributed by atoms with van der Waals surface area (Å²) in [5, 5.41) is 6.98. The van der Waals surface area contributed by atoms with Crippen molar-refractivity contribution in [2.75, 3.05) is 23.8 Å². The summed E-state index contributed by atoms with van der Waals surface area (Å²) in [4.78, 5) is 24.2. The van der Waals surface area contributed by atoms with Crippen LogP contribution in [-0.2, 0) is 9.47 Å². The molecule has 0 aliphatic carbocycles. The van der Waals surface area contributed by atoms with Gasteiger partial charge in [-0.05, 0) is 62.5 Å². The topological polar surface area (TPSA) is 76.7 Å². The molecule has 0 heterocycles. The summed E-state index contributed by atoms with van der Waals surface area (Å²) in [7, 11) is 0. The van der Waals surface area contributed by atoms with E-state index in [0.29, 0.717) is 21.4 Å². The van der Waals surface area contributed by atoms with Crippen molar-refractivity contribution < 1.29 is 19.1 Å². The minimum absolute atomic E-state index is 0.198. The molecule has 2 rings (SSSR count). The molecule has 0 fully saturated rings. The summed E-state index contributed by atoms with van der Waals surface area (Å²) in [6, 6.07) is 9.37. The van der Waals surface area contributed by atoms with Gasteiger partial charge in [0.15, 0.2) is 5.11 Å². The Morgan fingerprint density at radius 2 is 1.25 bits per heavy atom. The maximum Gasteiger partial charge on any atom is 0.338 e. The van der Waals surface area contributed by atoms with Gasteiger partial charge in [0.25, 0.3) is 0 Å². The fourth-order valence-corrected chi connectivity index (χ4v) is 3.05. The predicted molar refractivity (Wildman–Crippen MR) is 115 cm³/mol. The standard InChI is InChI=1S/C19H18Cl2N2O4S/c1-3-26-17(24)11-5-12(18(25)27-4-2)7-15(6-11)22-19(28)23-16-9-13(20)8-14(21)10-16/h5-10H,3-4H2,1-2H3,(H2,22,23,28). The van der Waals surface area contributed by atoms with E-state index in [1.165, 1.54) is 18.2 Å². The first-order valence-corrected chi connectivity index (χ1v) is 9.52. The number of benzene rings is 2. The molecule has 9 heteroatoms. The molecule has 0 amide bonds. The molecule has 2 aromatic rings. The van der Waals surface area contributed by atoms with Gasteiger partial charge in [-0.1, -0.05) is 23.2 Å². The first-order chi connectivity index (χ1) is 13.3. The third-order valence-electron chi connectivity index (χ3n) is 3.33. The first-order valence-electron chi connectivity index (χ1n) is 8.35. The number of hydrogen-bond acceptors (Lipinski definition) is 5. The normalized spacial score (nSPS) is 10.1. The Labute approximate surface area is 178 Å². The third kappa shape index (κ3) is 6.37. The molecule has 148 valence electrons. The number of thiocarbonyl (C=S) groups is 1. The molecule has 2 N–H and O–H groups in total. The van der Waals surface area contributed by atoms with Crippen molar-refractivity contribution in [3.63, 3.8) is 0 Å². The summed E-state index contributed by atoms with van der Waals surface area (Å²) >= 11 is 17.2. The molecule has 28 heavy (non-hydrogen) atoms. The molecular formula is C19H18Cl2N2O4S. The predicted octanol–water partition coefficient (Wildman–Crippen LogP) is 5.16. The van der Waals surface area contributed by atoms with Crippen LogP contribution in [0.3, 0.4) is 0 Å². The van der Waals surface area contributed by atoms with Gasteiger partial charge in [-0.25, -0.2) is 9.59 Å². The minimum atomic E-state index is -0.558. The van der Waals surface area contributed by atoms with Crippen LogP contribution in [0.4, 0.5) is 11.4 Å². The van der Waals surface area contributed by atoms with Gasteiger partial charge in [0.2, 0.25) is 0 Å². The van der Waals surface area contributed by atoms with Crippen molar-refractivity contribution in [2.24, 2.45) is 0 Å². The van der Waals surface area contributed by atoms with Crippen LogP contribution in [-0.4, -0.2) is 30.3 Å². The lowest BCUT2D eigenvalue weighted by molar-refractivity contribution is 0.0525. The lowest BCUT2D eigenvalue weighted by Gasteiger charge is -2.13. The van der Waals surface area contributed by atoms with Crippen LogP contribution in [0.5, 0.6) is 0 Å². The van der Waals surface area contributed by atoms with Crippen molar-refractivity contribution in [1.82, 2.24) is 0 Å². The fraction of sp³-hybridized carbons (Fsp3) is 0.211. The van der Waals surface area contributed by atoms with Crippen LogP contribution in [0, 0.1) is 0 Å². The molecule has 0 aromatic heterocycles. The van der Waals surface area contributed by atoms with E-state index >= 15 is 0 Å². The van der Waals surface area contributed by atoms with E-state index in [-0.39, 0.29) is 29.5 Å². The van der Waals surface area contributed by atoms with E-state index in [4.69, 9.17) is 44.9 Å². The molecule has 0 saturated carbocycles. The number of carbonyl (C=O) groups excluding carboxylic acids is 2. The van der Waals surface area contributed by atoms with Gasteiger partial charge in [0.1, 0.15) is 0 Å². The van der Waals surface area contributed by atoms with Crippen LogP contribution >= 0.6 is 35.4 Å². The number of nitrogens with one attached hydrogen (secondary N) is 2. The Morgan fingerprint density at radius 3 is 1.68 bits per heavy atom. The lowest BCUT2D eigenvalue weighted by Crippen LogP contribution is -2.20. The highest BCUT2D eigenvalue weighted by Gasteiger charge is 2.15.